The molecule has 1 unspecified atom stereocenters. The zero-order valence-electron chi connectivity index (χ0n) is 14.3. The van der Waals surface area contributed by atoms with Crippen LogP contribution < -0.4 is 10.6 Å². The Bertz CT molecular complexity index is 533. The number of fused-ring (bicyclic) bond motifs is 1. The lowest BCUT2D eigenvalue weighted by Crippen LogP contribution is -2.47. The highest BCUT2D eigenvalue weighted by atomic mass is 35.5. The van der Waals surface area contributed by atoms with Crippen LogP contribution in [0.15, 0.2) is 18.2 Å². The number of amides is 1. The smallest absolute Gasteiger partial charge is 0.234 e. The predicted octanol–water partition coefficient (Wildman–Crippen LogP) is 2.49. The zero-order chi connectivity index (χ0) is 15.4. The molecule has 24 heavy (non-hydrogen) atoms. The summed E-state index contributed by atoms with van der Waals surface area (Å²) in [5.74, 6) is 0.132. The second-order valence-electron chi connectivity index (χ2n) is 6.55. The largest absolute Gasteiger partial charge is 0.348 e. The van der Waals surface area contributed by atoms with Crippen molar-refractivity contribution in [3.63, 3.8) is 0 Å². The van der Waals surface area contributed by atoms with E-state index < -0.39 is 0 Å². The molecular formula is C18H29Cl2N3O. The molecule has 1 aliphatic heterocycles. The van der Waals surface area contributed by atoms with Crippen LogP contribution in [-0.2, 0) is 17.6 Å². The van der Waals surface area contributed by atoms with E-state index in [1.165, 1.54) is 42.4 Å². The molecule has 1 fully saturated rings. The summed E-state index contributed by atoms with van der Waals surface area (Å²) in [7, 11) is 0. The molecule has 1 aliphatic carbocycles. The molecule has 6 heteroatoms. The Kier molecular flexibility index (Phi) is 9.06. The number of hydrogen-bond acceptors (Lipinski definition) is 3. The number of aryl methyl sites for hydroxylation is 2. The molecule has 0 bridgehead atoms. The summed E-state index contributed by atoms with van der Waals surface area (Å²) in [5.41, 5.74) is 4.20. The Balaban J connectivity index is 0.00000144. The van der Waals surface area contributed by atoms with Gasteiger partial charge in [-0.05, 0) is 49.3 Å². The van der Waals surface area contributed by atoms with E-state index in [-0.39, 0.29) is 36.8 Å². The van der Waals surface area contributed by atoms with Crippen LogP contribution in [0.3, 0.4) is 0 Å². The molecule has 2 N–H and O–H groups in total. The van der Waals surface area contributed by atoms with Crippen molar-refractivity contribution in [3.05, 3.63) is 34.9 Å². The van der Waals surface area contributed by atoms with E-state index in [2.05, 4.69) is 40.7 Å². The third-order valence-electron chi connectivity index (χ3n) is 4.83. The van der Waals surface area contributed by atoms with Gasteiger partial charge in [-0.25, -0.2) is 0 Å². The van der Waals surface area contributed by atoms with Crippen molar-refractivity contribution in [2.45, 2.75) is 38.6 Å². The van der Waals surface area contributed by atoms with Crippen LogP contribution in [0.2, 0.25) is 0 Å². The van der Waals surface area contributed by atoms with Gasteiger partial charge in [-0.3, -0.25) is 9.69 Å². The third-order valence-corrected chi connectivity index (χ3v) is 4.83. The monoisotopic (exact) mass is 373 g/mol. The number of nitrogens with zero attached hydrogens (tertiary/aromatic N) is 1. The molecule has 1 heterocycles. The Labute approximate surface area is 157 Å². The van der Waals surface area contributed by atoms with Crippen molar-refractivity contribution in [1.82, 2.24) is 15.5 Å². The molecule has 0 saturated carbocycles. The molecule has 0 radical (unpaired) electrons. The average Bonchev–Trinajstić information content (AvgIpc) is 2.55. The van der Waals surface area contributed by atoms with Crippen LogP contribution in [0.4, 0.5) is 0 Å². The van der Waals surface area contributed by atoms with Gasteiger partial charge in [0.2, 0.25) is 5.91 Å². The number of rotatable bonds is 4. The fraction of sp³-hybridized carbons (Fsp3) is 0.611. The first-order chi connectivity index (χ1) is 10.7. The van der Waals surface area contributed by atoms with E-state index in [0.717, 1.165) is 26.2 Å². The summed E-state index contributed by atoms with van der Waals surface area (Å²) in [6.45, 7) is 6.47. The molecule has 1 aromatic carbocycles. The topological polar surface area (TPSA) is 44.4 Å². The van der Waals surface area contributed by atoms with Gasteiger partial charge in [0.15, 0.2) is 0 Å². The number of nitrogens with one attached hydrogen (secondary N) is 2. The van der Waals surface area contributed by atoms with Crippen LogP contribution in [0.5, 0.6) is 0 Å². The molecule has 0 aromatic heterocycles. The normalized spacial score (nSPS) is 18.5. The van der Waals surface area contributed by atoms with Crippen molar-refractivity contribution in [3.8, 4) is 0 Å². The fourth-order valence-corrected chi connectivity index (χ4v) is 3.47. The quantitative estimate of drug-likeness (QED) is 0.851. The van der Waals surface area contributed by atoms with Gasteiger partial charge in [0.25, 0.3) is 0 Å². The van der Waals surface area contributed by atoms with E-state index in [9.17, 15) is 4.79 Å². The molecule has 4 nitrogen and oxygen atoms in total. The second kappa shape index (κ2) is 10.2. The summed E-state index contributed by atoms with van der Waals surface area (Å²) in [6.07, 6.45) is 4.99. The highest BCUT2D eigenvalue weighted by molar-refractivity contribution is 5.85. The SMILES string of the molecule is CC(NC(=O)CN1CCNCC1)c1ccc2c(c1)CCCC2.Cl.Cl. The molecule has 1 aromatic rings. The van der Waals surface area contributed by atoms with Gasteiger partial charge >= 0.3 is 0 Å². The molecule has 3 rings (SSSR count). The lowest BCUT2D eigenvalue weighted by Gasteiger charge is -2.27. The van der Waals surface area contributed by atoms with Gasteiger partial charge in [0.05, 0.1) is 12.6 Å². The number of hydrogen-bond donors (Lipinski definition) is 2. The van der Waals surface area contributed by atoms with Crippen LogP contribution in [-0.4, -0.2) is 43.5 Å². The van der Waals surface area contributed by atoms with Crippen LogP contribution in [0.1, 0.15) is 42.5 Å². The van der Waals surface area contributed by atoms with E-state index in [1.54, 1.807) is 0 Å². The maximum atomic E-state index is 12.2. The zero-order valence-corrected chi connectivity index (χ0v) is 16.0. The summed E-state index contributed by atoms with van der Waals surface area (Å²) >= 11 is 0. The molecule has 1 saturated heterocycles. The minimum atomic E-state index is 0. The number of benzene rings is 1. The molecule has 0 spiro atoms. The number of carbonyl (C=O) groups excluding carboxylic acids is 1. The van der Waals surface area contributed by atoms with Gasteiger partial charge in [0.1, 0.15) is 0 Å². The maximum absolute atomic E-state index is 12.2. The number of piperazine rings is 1. The first-order valence-corrected chi connectivity index (χ1v) is 8.56. The van der Waals surface area contributed by atoms with E-state index >= 15 is 0 Å². The molecular weight excluding hydrogens is 345 g/mol. The Morgan fingerprint density at radius 1 is 1.17 bits per heavy atom. The van der Waals surface area contributed by atoms with Crippen LogP contribution >= 0.6 is 24.8 Å². The van der Waals surface area contributed by atoms with Gasteiger partial charge < -0.3 is 10.6 Å². The van der Waals surface area contributed by atoms with Crippen LogP contribution in [0.25, 0.3) is 0 Å². The van der Waals surface area contributed by atoms with Crippen molar-refractivity contribution < 1.29 is 4.79 Å². The standard InChI is InChI=1S/C18H27N3O.2ClH/c1-14(20-18(22)13-21-10-8-19-9-11-21)16-7-6-15-4-2-3-5-17(15)12-16;;/h6-7,12,14,19H,2-5,8-11,13H2,1H3,(H,20,22);2*1H. The van der Waals surface area contributed by atoms with Crippen molar-refractivity contribution in [2.24, 2.45) is 0 Å². The first-order valence-electron chi connectivity index (χ1n) is 8.56. The second-order valence-corrected chi connectivity index (χ2v) is 6.55. The summed E-state index contributed by atoms with van der Waals surface area (Å²) in [4.78, 5) is 14.4. The molecule has 136 valence electrons. The lowest BCUT2D eigenvalue weighted by atomic mass is 9.89. The summed E-state index contributed by atoms with van der Waals surface area (Å²) < 4.78 is 0. The highest BCUT2D eigenvalue weighted by Gasteiger charge is 2.17. The molecule has 1 atom stereocenters. The Morgan fingerprint density at radius 3 is 2.54 bits per heavy atom. The van der Waals surface area contributed by atoms with E-state index in [0.29, 0.717) is 6.54 Å². The molecule has 1 amide bonds. The maximum Gasteiger partial charge on any atom is 0.234 e. The summed E-state index contributed by atoms with van der Waals surface area (Å²) in [6, 6.07) is 6.81. The third kappa shape index (κ3) is 5.62. The molecule has 2 aliphatic rings. The highest BCUT2D eigenvalue weighted by Crippen LogP contribution is 2.24. The van der Waals surface area contributed by atoms with Gasteiger partial charge in [-0.2, -0.15) is 0 Å². The lowest BCUT2D eigenvalue weighted by molar-refractivity contribution is -0.123. The van der Waals surface area contributed by atoms with E-state index in [1.807, 2.05) is 0 Å². The minimum absolute atomic E-state index is 0. The average molecular weight is 374 g/mol. The van der Waals surface area contributed by atoms with Crippen LogP contribution in [0, 0.1) is 0 Å². The Morgan fingerprint density at radius 2 is 1.83 bits per heavy atom. The van der Waals surface area contributed by atoms with Gasteiger partial charge in [-0.1, -0.05) is 18.2 Å². The van der Waals surface area contributed by atoms with Crippen molar-refractivity contribution >= 4 is 30.7 Å². The van der Waals surface area contributed by atoms with Crippen molar-refractivity contribution in [2.75, 3.05) is 32.7 Å². The summed E-state index contributed by atoms with van der Waals surface area (Å²) in [5, 5.41) is 6.46. The minimum Gasteiger partial charge on any atom is -0.348 e. The number of carbonyl (C=O) groups is 1. The number of halogens is 2. The van der Waals surface area contributed by atoms with Crippen molar-refractivity contribution in [1.29, 1.82) is 0 Å². The van der Waals surface area contributed by atoms with Gasteiger partial charge in [0, 0.05) is 26.2 Å². The predicted molar refractivity (Wildman–Crippen MR) is 103 cm³/mol. The van der Waals surface area contributed by atoms with E-state index in [4.69, 9.17) is 0 Å². The first kappa shape index (κ1) is 21.2. The fourth-order valence-electron chi connectivity index (χ4n) is 3.47. The Hall–Kier alpha value is -0.810. The van der Waals surface area contributed by atoms with Gasteiger partial charge in [-0.15, -0.1) is 24.8 Å².